The van der Waals surface area contributed by atoms with Gasteiger partial charge in [-0.2, -0.15) is 0 Å². The van der Waals surface area contributed by atoms with E-state index < -0.39 is 0 Å². The van der Waals surface area contributed by atoms with Crippen LogP contribution in [0.25, 0.3) is 0 Å². The van der Waals surface area contributed by atoms with Crippen LogP contribution in [0.2, 0.25) is 0 Å². The van der Waals surface area contributed by atoms with Crippen molar-refractivity contribution in [3.63, 3.8) is 0 Å². The first-order valence-corrected chi connectivity index (χ1v) is 13.7. The average molecular weight is 428 g/mol. The predicted molar refractivity (Wildman–Crippen MR) is 133 cm³/mol. The molecule has 31 heavy (non-hydrogen) atoms. The SMILES string of the molecule is C=C(C)C(=O)NC1CCC(C2CCC(/C=C/C3CCC(CCCCC)CC3)CC2)CC1. The number of nitrogens with one attached hydrogen (secondary N) is 1. The number of hydrogen-bond donors (Lipinski definition) is 1. The van der Waals surface area contributed by atoms with Crippen molar-refractivity contribution in [2.45, 2.75) is 123 Å². The van der Waals surface area contributed by atoms with Gasteiger partial charge in [-0.05, 0) is 114 Å². The lowest BCUT2D eigenvalue weighted by molar-refractivity contribution is -0.118. The molecule has 1 N–H and O–H groups in total. The molecule has 0 radical (unpaired) electrons. The van der Waals surface area contributed by atoms with Crippen LogP contribution < -0.4 is 5.32 Å². The zero-order valence-corrected chi connectivity index (χ0v) is 20.5. The van der Waals surface area contributed by atoms with E-state index in [-0.39, 0.29) is 5.91 Å². The Morgan fingerprint density at radius 2 is 1.32 bits per heavy atom. The molecule has 3 aliphatic rings. The summed E-state index contributed by atoms with van der Waals surface area (Å²) in [5, 5.41) is 3.16. The molecule has 0 saturated heterocycles. The van der Waals surface area contributed by atoms with Gasteiger partial charge in [-0.3, -0.25) is 4.79 Å². The first-order chi connectivity index (χ1) is 15.0. The zero-order chi connectivity index (χ0) is 22.1. The highest BCUT2D eigenvalue weighted by atomic mass is 16.1. The first-order valence-electron chi connectivity index (χ1n) is 13.7. The first kappa shape index (κ1) is 24.6. The summed E-state index contributed by atoms with van der Waals surface area (Å²) >= 11 is 0. The molecule has 1 amide bonds. The van der Waals surface area contributed by atoms with Gasteiger partial charge >= 0.3 is 0 Å². The Morgan fingerprint density at radius 3 is 1.84 bits per heavy atom. The number of carbonyl (C=O) groups is 1. The predicted octanol–water partition coefficient (Wildman–Crippen LogP) is 7.99. The summed E-state index contributed by atoms with van der Waals surface area (Å²) in [6.07, 6.45) is 27.3. The van der Waals surface area contributed by atoms with Gasteiger partial charge in [0.1, 0.15) is 0 Å². The second kappa shape index (κ2) is 12.9. The highest BCUT2D eigenvalue weighted by Gasteiger charge is 2.31. The van der Waals surface area contributed by atoms with Gasteiger partial charge in [0.05, 0.1) is 0 Å². The van der Waals surface area contributed by atoms with Crippen molar-refractivity contribution in [2.24, 2.45) is 29.6 Å². The second-order valence-electron chi connectivity index (χ2n) is 11.2. The molecule has 0 aromatic heterocycles. The maximum absolute atomic E-state index is 11.9. The lowest BCUT2D eigenvalue weighted by atomic mass is 9.70. The molecular formula is C29H49NO. The molecule has 0 heterocycles. The molecule has 0 atom stereocenters. The highest BCUT2D eigenvalue weighted by Crippen LogP contribution is 2.41. The van der Waals surface area contributed by atoms with E-state index in [4.69, 9.17) is 0 Å². The van der Waals surface area contributed by atoms with Crippen LogP contribution in [-0.2, 0) is 4.79 Å². The molecule has 0 aliphatic heterocycles. The number of amides is 1. The number of hydrogen-bond acceptors (Lipinski definition) is 1. The number of unbranched alkanes of at least 4 members (excludes halogenated alkanes) is 2. The fourth-order valence-corrected chi connectivity index (χ4v) is 6.52. The van der Waals surface area contributed by atoms with Gasteiger partial charge in [0.25, 0.3) is 0 Å². The number of rotatable bonds is 9. The van der Waals surface area contributed by atoms with Crippen molar-refractivity contribution >= 4 is 5.91 Å². The molecule has 2 heteroatoms. The maximum Gasteiger partial charge on any atom is 0.246 e. The maximum atomic E-state index is 11.9. The summed E-state index contributed by atoms with van der Waals surface area (Å²) in [6.45, 7) is 7.87. The number of carbonyl (C=O) groups excluding carboxylic acids is 1. The normalized spacial score (nSPS) is 34.5. The summed E-state index contributed by atoms with van der Waals surface area (Å²) in [6, 6.07) is 0.376. The van der Waals surface area contributed by atoms with Gasteiger partial charge in [0.2, 0.25) is 5.91 Å². The van der Waals surface area contributed by atoms with E-state index in [2.05, 4.69) is 31.0 Å². The van der Waals surface area contributed by atoms with Crippen molar-refractivity contribution in [1.82, 2.24) is 5.32 Å². The fraction of sp³-hybridized carbons (Fsp3) is 0.828. The van der Waals surface area contributed by atoms with E-state index in [1.165, 1.54) is 89.9 Å². The quantitative estimate of drug-likeness (QED) is 0.225. The summed E-state index contributed by atoms with van der Waals surface area (Å²) in [5.41, 5.74) is 0.633. The molecule has 0 spiro atoms. The summed E-state index contributed by atoms with van der Waals surface area (Å²) in [4.78, 5) is 11.9. The topological polar surface area (TPSA) is 29.1 Å². The lowest BCUT2D eigenvalue weighted by Gasteiger charge is -2.37. The average Bonchev–Trinajstić information content (AvgIpc) is 2.79. The largest absolute Gasteiger partial charge is 0.350 e. The monoisotopic (exact) mass is 427 g/mol. The van der Waals surface area contributed by atoms with E-state index >= 15 is 0 Å². The molecule has 3 saturated carbocycles. The molecule has 176 valence electrons. The minimum absolute atomic E-state index is 0.0423. The van der Waals surface area contributed by atoms with Crippen molar-refractivity contribution in [2.75, 3.05) is 0 Å². The van der Waals surface area contributed by atoms with Gasteiger partial charge in [0.15, 0.2) is 0 Å². The molecule has 0 bridgehead atoms. The smallest absolute Gasteiger partial charge is 0.246 e. The Labute approximate surface area is 192 Å². The fourth-order valence-electron chi connectivity index (χ4n) is 6.52. The Kier molecular flexibility index (Phi) is 10.2. The van der Waals surface area contributed by atoms with Crippen LogP contribution in [0.3, 0.4) is 0 Å². The Bertz CT molecular complexity index is 570. The lowest BCUT2D eigenvalue weighted by Crippen LogP contribution is -2.39. The van der Waals surface area contributed by atoms with Gasteiger partial charge in [-0.25, -0.2) is 0 Å². The Hall–Kier alpha value is -1.05. The molecule has 3 rings (SSSR count). The molecule has 0 aromatic rings. The van der Waals surface area contributed by atoms with Crippen LogP contribution in [0, 0.1) is 29.6 Å². The van der Waals surface area contributed by atoms with Crippen molar-refractivity contribution < 1.29 is 4.79 Å². The molecule has 3 aliphatic carbocycles. The van der Waals surface area contributed by atoms with Crippen LogP contribution in [0.15, 0.2) is 24.3 Å². The summed E-state index contributed by atoms with van der Waals surface area (Å²) in [7, 11) is 0. The molecule has 0 aromatic carbocycles. The van der Waals surface area contributed by atoms with E-state index in [1.54, 1.807) is 6.92 Å². The van der Waals surface area contributed by atoms with Crippen molar-refractivity contribution in [3.8, 4) is 0 Å². The van der Waals surface area contributed by atoms with Crippen LogP contribution in [0.1, 0.15) is 117 Å². The molecule has 3 fully saturated rings. The Balaban J connectivity index is 1.30. The second-order valence-corrected chi connectivity index (χ2v) is 11.2. The zero-order valence-electron chi connectivity index (χ0n) is 20.5. The third kappa shape index (κ3) is 8.10. The molecule has 2 nitrogen and oxygen atoms in total. The van der Waals surface area contributed by atoms with E-state index in [0.717, 1.165) is 42.4 Å². The molecule has 0 unspecified atom stereocenters. The van der Waals surface area contributed by atoms with Gasteiger partial charge in [0, 0.05) is 11.6 Å². The summed E-state index contributed by atoms with van der Waals surface area (Å²) in [5.74, 6) is 4.60. The van der Waals surface area contributed by atoms with Crippen LogP contribution in [-0.4, -0.2) is 11.9 Å². The van der Waals surface area contributed by atoms with Gasteiger partial charge in [-0.15, -0.1) is 0 Å². The van der Waals surface area contributed by atoms with Crippen molar-refractivity contribution in [1.29, 1.82) is 0 Å². The third-order valence-electron chi connectivity index (χ3n) is 8.74. The third-order valence-corrected chi connectivity index (χ3v) is 8.74. The minimum Gasteiger partial charge on any atom is -0.350 e. The van der Waals surface area contributed by atoms with E-state index in [9.17, 15) is 4.79 Å². The standard InChI is InChI=1S/C29H49NO/c1-4-5-6-7-23-8-10-24(11-9-23)12-13-25-14-16-26(17-15-25)27-18-20-28(21-19-27)30-29(31)22(2)3/h12-13,23-28H,2,4-11,14-21H2,1,3H3,(H,30,31)/b13-12+. The van der Waals surface area contributed by atoms with Crippen LogP contribution in [0.4, 0.5) is 0 Å². The summed E-state index contributed by atoms with van der Waals surface area (Å²) < 4.78 is 0. The van der Waals surface area contributed by atoms with Gasteiger partial charge in [-0.1, -0.05) is 51.3 Å². The van der Waals surface area contributed by atoms with Crippen molar-refractivity contribution in [3.05, 3.63) is 24.3 Å². The van der Waals surface area contributed by atoms with E-state index in [0.29, 0.717) is 11.6 Å². The minimum atomic E-state index is 0.0423. The van der Waals surface area contributed by atoms with Crippen LogP contribution >= 0.6 is 0 Å². The Morgan fingerprint density at radius 1 is 0.806 bits per heavy atom. The highest BCUT2D eigenvalue weighted by molar-refractivity contribution is 5.92. The van der Waals surface area contributed by atoms with Crippen LogP contribution in [0.5, 0.6) is 0 Å². The molecular weight excluding hydrogens is 378 g/mol. The van der Waals surface area contributed by atoms with Gasteiger partial charge < -0.3 is 5.32 Å². The van der Waals surface area contributed by atoms with E-state index in [1.807, 2.05) is 0 Å². The number of allylic oxidation sites excluding steroid dienone is 2.